The van der Waals surface area contributed by atoms with Gasteiger partial charge in [-0.1, -0.05) is 30.0 Å². The van der Waals surface area contributed by atoms with Crippen LogP contribution in [0.3, 0.4) is 0 Å². The lowest BCUT2D eigenvalue weighted by atomic mass is 9.98. The molecule has 3 aromatic rings. The minimum atomic E-state index is -0.176. The van der Waals surface area contributed by atoms with Gasteiger partial charge >= 0.3 is 0 Å². The van der Waals surface area contributed by atoms with Crippen LogP contribution in [0.2, 0.25) is 0 Å². The molecule has 0 aliphatic rings. The van der Waals surface area contributed by atoms with E-state index < -0.39 is 0 Å². The van der Waals surface area contributed by atoms with Crippen molar-refractivity contribution in [1.82, 2.24) is 9.55 Å². The number of hydrogen-bond acceptors (Lipinski definition) is 4. The molecule has 0 fully saturated rings. The monoisotopic (exact) mass is 352 g/mol. The molecule has 0 atom stereocenters. The van der Waals surface area contributed by atoms with Crippen LogP contribution in [0, 0.1) is 20.8 Å². The molecule has 0 unspecified atom stereocenters. The van der Waals surface area contributed by atoms with E-state index in [9.17, 15) is 9.59 Å². The van der Waals surface area contributed by atoms with Crippen LogP contribution in [0.15, 0.2) is 46.3 Å². The molecule has 1 heterocycles. The predicted octanol–water partition coefficient (Wildman–Crippen LogP) is 3.93. The molecule has 0 spiro atoms. The second-order valence-corrected chi connectivity index (χ2v) is 6.95. The quantitative estimate of drug-likeness (QED) is 0.406. The fourth-order valence-electron chi connectivity index (χ4n) is 2.93. The number of aryl methyl sites for hydroxylation is 3. The summed E-state index contributed by atoms with van der Waals surface area (Å²) in [7, 11) is 0. The number of fused-ring (bicyclic) bond motifs is 1. The van der Waals surface area contributed by atoms with Gasteiger partial charge in [-0.05, 0) is 61.9 Å². The number of thioether (sulfide) groups is 1. The van der Waals surface area contributed by atoms with Crippen LogP contribution >= 0.6 is 11.8 Å². The van der Waals surface area contributed by atoms with Crippen LogP contribution in [0.25, 0.3) is 10.9 Å². The molecule has 4 nitrogen and oxygen atoms in total. The summed E-state index contributed by atoms with van der Waals surface area (Å²) < 4.78 is 1.48. The van der Waals surface area contributed by atoms with E-state index in [1.165, 1.54) is 16.3 Å². The summed E-state index contributed by atoms with van der Waals surface area (Å²) in [4.78, 5) is 30.2. The zero-order chi connectivity index (χ0) is 18.1. The summed E-state index contributed by atoms with van der Waals surface area (Å²) >= 11 is 1.37. The largest absolute Gasteiger partial charge is 0.292 e. The molecule has 0 saturated heterocycles. The molecule has 0 aliphatic carbocycles. The molecular formula is C20H20N2O2S. The maximum absolute atomic E-state index is 12.9. The van der Waals surface area contributed by atoms with Crippen LogP contribution < -0.4 is 5.56 Å². The fraction of sp³-hybridized carbons (Fsp3) is 0.250. The Bertz CT molecular complexity index is 1040. The Morgan fingerprint density at radius 1 is 1.08 bits per heavy atom. The van der Waals surface area contributed by atoms with Gasteiger partial charge in [0.05, 0.1) is 17.4 Å². The van der Waals surface area contributed by atoms with Gasteiger partial charge in [0.1, 0.15) is 0 Å². The van der Waals surface area contributed by atoms with Crippen molar-refractivity contribution in [2.24, 2.45) is 0 Å². The maximum Gasteiger partial charge on any atom is 0.262 e. The van der Waals surface area contributed by atoms with Crippen molar-refractivity contribution in [3.63, 3.8) is 0 Å². The van der Waals surface area contributed by atoms with Crippen LogP contribution in [0.5, 0.6) is 0 Å². The normalized spacial score (nSPS) is 11.0. The van der Waals surface area contributed by atoms with Crippen molar-refractivity contribution in [2.75, 3.05) is 6.26 Å². The second-order valence-electron chi connectivity index (χ2n) is 6.18. The highest BCUT2D eigenvalue weighted by Gasteiger charge is 2.16. The number of para-hydroxylation sites is 1. The number of carbonyl (C=O) groups excluding carboxylic acids is 1. The van der Waals surface area contributed by atoms with Crippen LogP contribution in [0.1, 0.15) is 27.0 Å². The molecule has 0 amide bonds. The summed E-state index contributed by atoms with van der Waals surface area (Å²) in [5.74, 6) is -0.0740. The van der Waals surface area contributed by atoms with E-state index in [1.54, 1.807) is 6.07 Å². The van der Waals surface area contributed by atoms with Crippen molar-refractivity contribution >= 4 is 28.4 Å². The lowest BCUT2D eigenvalue weighted by Crippen LogP contribution is -2.27. The standard InChI is InChI=1S/C20H20N2O2S/c1-12-9-14(3)16(10-13(12)2)18(23)11-22-19(24)15-7-5-6-8-17(15)21-20(22)25-4/h5-10H,11H2,1-4H3. The van der Waals surface area contributed by atoms with Crippen molar-refractivity contribution in [3.8, 4) is 0 Å². The van der Waals surface area contributed by atoms with Gasteiger partial charge < -0.3 is 0 Å². The second kappa shape index (κ2) is 6.84. The predicted molar refractivity (Wildman–Crippen MR) is 103 cm³/mol. The first kappa shape index (κ1) is 17.4. The Balaban J connectivity index is 2.09. The van der Waals surface area contributed by atoms with Gasteiger partial charge in [0.15, 0.2) is 10.9 Å². The lowest BCUT2D eigenvalue weighted by molar-refractivity contribution is 0.0966. The Hall–Kier alpha value is -2.40. The molecule has 2 aromatic carbocycles. The average molecular weight is 352 g/mol. The Morgan fingerprint density at radius 2 is 1.76 bits per heavy atom. The number of carbonyl (C=O) groups is 1. The number of benzene rings is 2. The maximum atomic E-state index is 12.9. The summed E-state index contributed by atoms with van der Waals surface area (Å²) in [6.07, 6.45) is 1.86. The smallest absolute Gasteiger partial charge is 0.262 e. The third kappa shape index (κ3) is 3.24. The Kier molecular flexibility index (Phi) is 4.77. The van der Waals surface area contributed by atoms with Gasteiger partial charge in [0.25, 0.3) is 5.56 Å². The first-order chi connectivity index (χ1) is 11.9. The van der Waals surface area contributed by atoms with Crippen molar-refractivity contribution in [3.05, 3.63) is 69.0 Å². The molecule has 1 aromatic heterocycles. The third-order valence-corrected chi connectivity index (χ3v) is 5.13. The summed E-state index contributed by atoms with van der Waals surface area (Å²) in [5, 5.41) is 1.09. The van der Waals surface area contributed by atoms with Gasteiger partial charge in [-0.3, -0.25) is 14.2 Å². The summed E-state index contributed by atoms with van der Waals surface area (Å²) in [6.45, 7) is 5.94. The first-order valence-corrected chi connectivity index (χ1v) is 9.29. The van der Waals surface area contributed by atoms with E-state index in [2.05, 4.69) is 4.98 Å². The van der Waals surface area contributed by atoms with Gasteiger partial charge in [0.2, 0.25) is 0 Å². The number of ketones is 1. The molecule has 3 rings (SSSR count). The van der Waals surface area contributed by atoms with Crippen LogP contribution in [0.4, 0.5) is 0 Å². The van der Waals surface area contributed by atoms with Gasteiger partial charge in [-0.2, -0.15) is 0 Å². The minimum Gasteiger partial charge on any atom is -0.292 e. The SMILES string of the molecule is CSc1nc2ccccc2c(=O)n1CC(=O)c1cc(C)c(C)cc1C. The molecule has 0 N–H and O–H groups in total. The molecular weight excluding hydrogens is 332 g/mol. The van der Waals surface area contributed by atoms with E-state index in [0.717, 1.165) is 16.7 Å². The molecule has 0 aliphatic heterocycles. The Morgan fingerprint density at radius 3 is 2.48 bits per heavy atom. The summed E-state index contributed by atoms with van der Waals surface area (Å²) in [6, 6.07) is 11.1. The molecule has 5 heteroatoms. The highest BCUT2D eigenvalue weighted by molar-refractivity contribution is 7.98. The number of aromatic nitrogens is 2. The van der Waals surface area contributed by atoms with Crippen molar-refractivity contribution in [2.45, 2.75) is 32.5 Å². The fourth-order valence-corrected chi connectivity index (χ4v) is 3.49. The van der Waals surface area contributed by atoms with Crippen molar-refractivity contribution < 1.29 is 4.79 Å². The zero-order valence-corrected chi connectivity index (χ0v) is 15.6. The lowest BCUT2D eigenvalue weighted by Gasteiger charge is -2.13. The minimum absolute atomic E-state index is 0.00379. The van der Waals surface area contributed by atoms with E-state index in [4.69, 9.17) is 0 Å². The number of Topliss-reactive ketones (excluding diaryl/α,β-unsaturated/α-hetero) is 1. The summed E-state index contributed by atoms with van der Waals surface area (Å²) in [5.41, 5.74) is 4.30. The Labute approximate surface area is 150 Å². The topological polar surface area (TPSA) is 52.0 Å². The average Bonchev–Trinajstić information content (AvgIpc) is 2.60. The molecule has 25 heavy (non-hydrogen) atoms. The third-order valence-electron chi connectivity index (χ3n) is 4.45. The van der Waals surface area contributed by atoms with Crippen LogP contribution in [-0.4, -0.2) is 21.6 Å². The van der Waals surface area contributed by atoms with Crippen molar-refractivity contribution in [1.29, 1.82) is 0 Å². The highest BCUT2D eigenvalue weighted by Crippen LogP contribution is 2.19. The van der Waals surface area contributed by atoms with Gasteiger partial charge in [-0.25, -0.2) is 4.98 Å². The number of rotatable bonds is 4. The van der Waals surface area contributed by atoms with E-state index in [0.29, 0.717) is 21.6 Å². The van der Waals surface area contributed by atoms with E-state index in [-0.39, 0.29) is 17.9 Å². The van der Waals surface area contributed by atoms with Gasteiger partial charge in [0, 0.05) is 5.56 Å². The van der Waals surface area contributed by atoms with Gasteiger partial charge in [-0.15, -0.1) is 0 Å². The van der Waals surface area contributed by atoms with E-state index in [1.807, 2.05) is 57.4 Å². The highest BCUT2D eigenvalue weighted by atomic mass is 32.2. The van der Waals surface area contributed by atoms with E-state index >= 15 is 0 Å². The molecule has 128 valence electrons. The number of hydrogen-bond donors (Lipinski definition) is 0. The van der Waals surface area contributed by atoms with Crippen LogP contribution in [-0.2, 0) is 6.54 Å². The molecule has 0 bridgehead atoms. The molecule has 0 radical (unpaired) electrons. The first-order valence-electron chi connectivity index (χ1n) is 8.07. The molecule has 0 saturated carbocycles. The number of nitrogens with zero attached hydrogens (tertiary/aromatic N) is 2. The zero-order valence-electron chi connectivity index (χ0n) is 14.8.